The number of nitriles is 1. The van der Waals surface area contributed by atoms with Crippen LogP contribution in [0.2, 0.25) is 0 Å². The molecule has 5 atom stereocenters. The first-order valence-electron chi connectivity index (χ1n) is 12.0. The monoisotopic (exact) mass is 497 g/mol. The lowest BCUT2D eigenvalue weighted by molar-refractivity contribution is -0.179. The van der Waals surface area contributed by atoms with Gasteiger partial charge in [0.25, 0.3) is 0 Å². The molecule has 0 spiro atoms. The van der Waals surface area contributed by atoms with E-state index in [0.29, 0.717) is 19.4 Å². The van der Waals surface area contributed by atoms with Crippen molar-refractivity contribution in [3.05, 3.63) is 0 Å². The second kappa shape index (κ2) is 8.68. The molecule has 0 aromatic heterocycles. The molecule has 4 fully saturated rings. The van der Waals surface area contributed by atoms with Crippen LogP contribution in [-0.2, 0) is 19.2 Å². The van der Waals surface area contributed by atoms with E-state index in [-0.39, 0.29) is 49.0 Å². The molecule has 2 saturated carbocycles. The summed E-state index contributed by atoms with van der Waals surface area (Å²) in [6.45, 7) is 4.69. The Morgan fingerprint density at radius 3 is 2.49 bits per heavy atom. The van der Waals surface area contributed by atoms with Crippen molar-refractivity contribution in [1.82, 2.24) is 20.9 Å². The minimum Gasteiger partial charge on any atom is -0.356 e. The Morgan fingerprint density at radius 2 is 1.94 bits per heavy atom. The number of rotatable bonds is 6. The van der Waals surface area contributed by atoms with E-state index in [1.165, 1.54) is 4.90 Å². The van der Waals surface area contributed by atoms with Crippen molar-refractivity contribution < 1.29 is 32.3 Å². The number of likely N-dealkylation sites (tertiary alicyclic amines) is 1. The second-order valence-corrected chi connectivity index (χ2v) is 10.8. The molecule has 0 unspecified atom stereocenters. The van der Waals surface area contributed by atoms with Gasteiger partial charge in [-0.05, 0) is 55.8 Å². The predicted molar refractivity (Wildman–Crippen MR) is 115 cm³/mol. The van der Waals surface area contributed by atoms with Crippen molar-refractivity contribution in [3.8, 4) is 6.07 Å². The van der Waals surface area contributed by atoms with Crippen LogP contribution in [-0.4, -0.2) is 65.4 Å². The van der Waals surface area contributed by atoms with Gasteiger partial charge in [0.1, 0.15) is 17.6 Å². The predicted octanol–water partition coefficient (Wildman–Crippen LogP) is 0.995. The van der Waals surface area contributed by atoms with Crippen molar-refractivity contribution in [3.63, 3.8) is 0 Å². The molecule has 2 saturated heterocycles. The largest absolute Gasteiger partial charge is 0.471 e. The normalized spacial score (nSPS) is 31.2. The average Bonchev–Trinajstić information content (AvgIpc) is 3.09. The molecule has 35 heavy (non-hydrogen) atoms. The van der Waals surface area contributed by atoms with Crippen molar-refractivity contribution in [2.24, 2.45) is 23.2 Å². The van der Waals surface area contributed by atoms with E-state index in [1.54, 1.807) is 0 Å². The first-order chi connectivity index (χ1) is 16.3. The van der Waals surface area contributed by atoms with E-state index in [2.05, 4.69) is 10.6 Å². The van der Waals surface area contributed by atoms with E-state index < -0.39 is 47.4 Å². The highest BCUT2D eigenvalue weighted by molar-refractivity contribution is 5.97. The molecule has 2 aliphatic heterocycles. The third-order valence-corrected chi connectivity index (χ3v) is 8.36. The summed E-state index contributed by atoms with van der Waals surface area (Å²) in [4.78, 5) is 51.8. The van der Waals surface area contributed by atoms with Crippen LogP contribution in [0.15, 0.2) is 0 Å². The number of fused-ring (bicyclic) bond motifs is 1. The van der Waals surface area contributed by atoms with Crippen LogP contribution in [0.5, 0.6) is 0 Å². The van der Waals surface area contributed by atoms with Crippen LogP contribution < -0.4 is 16.0 Å². The highest BCUT2D eigenvalue weighted by Gasteiger charge is 2.70. The quantitative estimate of drug-likeness (QED) is 0.504. The Balaban J connectivity index is 1.50. The number of alkyl halides is 3. The summed E-state index contributed by atoms with van der Waals surface area (Å²) in [5, 5.41) is 16.9. The van der Waals surface area contributed by atoms with E-state index in [0.717, 1.165) is 6.42 Å². The van der Waals surface area contributed by atoms with Crippen LogP contribution >= 0.6 is 0 Å². The van der Waals surface area contributed by atoms with Crippen LogP contribution in [0.4, 0.5) is 13.2 Å². The number of amides is 4. The van der Waals surface area contributed by atoms with E-state index in [9.17, 15) is 37.6 Å². The van der Waals surface area contributed by atoms with Crippen LogP contribution in [0.3, 0.4) is 0 Å². The maximum Gasteiger partial charge on any atom is 0.471 e. The molecular weight excluding hydrogens is 467 g/mol. The van der Waals surface area contributed by atoms with Gasteiger partial charge in [-0.2, -0.15) is 18.4 Å². The van der Waals surface area contributed by atoms with Gasteiger partial charge in [0.2, 0.25) is 17.7 Å². The zero-order valence-electron chi connectivity index (χ0n) is 19.7. The summed E-state index contributed by atoms with van der Waals surface area (Å²) in [5.41, 5.74) is -1.92. The summed E-state index contributed by atoms with van der Waals surface area (Å²) >= 11 is 0. The Bertz CT molecular complexity index is 971. The Kier molecular flexibility index (Phi) is 6.26. The molecule has 12 heteroatoms. The molecule has 9 nitrogen and oxygen atoms in total. The SMILES string of the molecule is CC1(C)[C@@H]2[C@@H](C(=O)N[C@H](C#N)C[C@@H]3CCCNC3=O)N(C(=O)C3(NC(=O)C(F)(F)F)CCC3)C[C@@H]21. The number of halogens is 3. The molecule has 4 rings (SSSR count). The summed E-state index contributed by atoms with van der Waals surface area (Å²) in [7, 11) is 0. The fourth-order valence-electron chi connectivity index (χ4n) is 6.03. The van der Waals surface area contributed by atoms with Gasteiger partial charge >= 0.3 is 12.1 Å². The molecule has 0 aromatic carbocycles. The number of nitrogens with zero attached hydrogens (tertiary/aromatic N) is 2. The number of hydrogen-bond acceptors (Lipinski definition) is 5. The van der Waals surface area contributed by atoms with Gasteiger partial charge < -0.3 is 20.9 Å². The van der Waals surface area contributed by atoms with Crippen LogP contribution in [0.25, 0.3) is 0 Å². The fourth-order valence-corrected chi connectivity index (χ4v) is 6.03. The molecule has 192 valence electrons. The molecule has 2 heterocycles. The van der Waals surface area contributed by atoms with E-state index in [1.807, 2.05) is 25.2 Å². The molecule has 0 bridgehead atoms. The Labute approximate surface area is 201 Å². The average molecular weight is 498 g/mol. The minimum absolute atomic E-state index is 0.0118. The standard InChI is InChI=1S/C23H30F3N5O4/c1-21(2)14-11-31(20(35)22(6-4-7-22)30-19(34)23(24,25)26)16(15(14)21)18(33)29-13(10-27)9-12-5-3-8-28-17(12)32/h12-16H,3-9,11H2,1-2H3,(H,28,32)(H,29,33)(H,30,34)/t12-,13-,14-,15-,16-/m0/s1. The number of nitrogens with one attached hydrogen (secondary N) is 3. The third kappa shape index (κ3) is 4.45. The highest BCUT2D eigenvalue weighted by atomic mass is 19.4. The van der Waals surface area contributed by atoms with Gasteiger partial charge in [0, 0.05) is 19.0 Å². The van der Waals surface area contributed by atoms with Gasteiger partial charge in [-0.15, -0.1) is 0 Å². The first-order valence-corrected chi connectivity index (χ1v) is 12.0. The lowest BCUT2D eigenvalue weighted by atomic mass is 9.75. The number of carbonyl (C=O) groups is 4. The van der Waals surface area contributed by atoms with Crippen molar-refractivity contribution in [2.75, 3.05) is 13.1 Å². The number of carbonyl (C=O) groups excluding carboxylic acids is 4. The number of piperidine rings is 2. The van der Waals surface area contributed by atoms with Gasteiger partial charge in [-0.1, -0.05) is 13.8 Å². The third-order valence-electron chi connectivity index (χ3n) is 8.36. The number of hydrogen-bond donors (Lipinski definition) is 3. The lowest BCUT2D eigenvalue weighted by Crippen LogP contribution is -2.67. The summed E-state index contributed by atoms with van der Waals surface area (Å²) in [5.74, 6) is -4.22. The van der Waals surface area contributed by atoms with Crippen molar-refractivity contribution in [2.45, 2.75) is 76.2 Å². The molecule has 4 aliphatic rings. The summed E-state index contributed by atoms with van der Waals surface area (Å²) in [6.07, 6.45) is -3.00. The summed E-state index contributed by atoms with van der Waals surface area (Å²) < 4.78 is 38.7. The molecule has 3 N–H and O–H groups in total. The van der Waals surface area contributed by atoms with Crippen LogP contribution in [0, 0.1) is 34.5 Å². The van der Waals surface area contributed by atoms with E-state index in [4.69, 9.17) is 0 Å². The van der Waals surface area contributed by atoms with Crippen molar-refractivity contribution in [1.29, 1.82) is 5.26 Å². The minimum atomic E-state index is -5.12. The first kappa shape index (κ1) is 25.3. The molecule has 0 radical (unpaired) electrons. The lowest BCUT2D eigenvalue weighted by Gasteiger charge is -2.45. The smallest absolute Gasteiger partial charge is 0.356 e. The topological polar surface area (TPSA) is 131 Å². The van der Waals surface area contributed by atoms with Gasteiger partial charge in [0.15, 0.2) is 0 Å². The summed E-state index contributed by atoms with van der Waals surface area (Å²) in [6, 6.07) is 0.109. The molecular formula is C23H30F3N5O4. The second-order valence-electron chi connectivity index (χ2n) is 10.8. The highest BCUT2D eigenvalue weighted by Crippen LogP contribution is 2.65. The molecule has 0 aromatic rings. The van der Waals surface area contributed by atoms with Crippen molar-refractivity contribution >= 4 is 23.6 Å². The maximum atomic E-state index is 13.5. The van der Waals surface area contributed by atoms with Gasteiger partial charge in [-0.3, -0.25) is 19.2 Å². The Hall–Kier alpha value is -2.84. The van der Waals surface area contributed by atoms with E-state index >= 15 is 0 Å². The zero-order chi connectivity index (χ0) is 25.8. The Morgan fingerprint density at radius 1 is 1.26 bits per heavy atom. The zero-order valence-corrected chi connectivity index (χ0v) is 19.7. The fraction of sp³-hybridized carbons (Fsp3) is 0.783. The molecule has 2 aliphatic carbocycles. The van der Waals surface area contributed by atoms with Gasteiger partial charge in [0.05, 0.1) is 6.07 Å². The molecule has 4 amide bonds. The maximum absolute atomic E-state index is 13.5. The van der Waals surface area contributed by atoms with Gasteiger partial charge in [-0.25, -0.2) is 0 Å². The van der Waals surface area contributed by atoms with Crippen LogP contribution in [0.1, 0.15) is 52.4 Å².